The molecular weight excluding hydrogens is 284 g/mol. The van der Waals surface area contributed by atoms with Crippen molar-refractivity contribution in [1.29, 1.82) is 0 Å². The second kappa shape index (κ2) is 4.82. The fraction of sp³-hybridized carbons (Fsp3) is 0.545. The van der Waals surface area contributed by atoms with Gasteiger partial charge < -0.3 is 9.64 Å². The van der Waals surface area contributed by atoms with Crippen LogP contribution >= 0.6 is 11.5 Å². The molecule has 3 amide bonds. The van der Waals surface area contributed by atoms with Gasteiger partial charge in [0.25, 0.3) is 11.8 Å². The lowest BCUT2D eigenvalue weighted by Gasteiger charge is -2.39. The third-order valence-corrected chi connectivity index (χ3v) is 4.19. The molecule has 106 valence electrons. The molecule has 0 radical (unpaired) electrons. The molecule has 0 aliphatic carbocycles. The Bertz CT molecular complexity index is 565. The number of carbonyl (C=O) groups is 3. The van der Waals surface area contributed by atoms with Crippen molar-refractivity contribution in [2.45, 2.75) is 6.92 Å². The minimum Gasteiger partial charge on any atom is -0.439 e. The molecule has 0 saturated carbocycles. The zero-order valence-corrected chi connectivity index (χ0v) is 11.6. The van der Waals surface area contributed by atoms with Gasteiger partial charge >= 0.3 is 6.09 Å². The fourth-order valence-electron chi connectivity index (χ4n) is 2.24. The molecule has 2 aliphatic rings. The number of hydrogen-bond donors (Lipinski definition) is 0. The van der Waals surface area contributed by atoms with Crippen LogP contribution < -0.4 is 0 Å². The standard InChI is InChI=1S/C11H12N4O4S/c1-6-9(20-13-12-6)10(17)14-2-7(3-14)4-15-8(16)5-19-11(15)18/h7H,2-5H2,1H3. The molecule has 1 aromatic rings. The van der Waals surface area contributed by atoms with Gasteiger partial charge in [-0.1, -0.05) is 4.49 Å². The van der Waals surface area contributed by atoms with E-state index in [1.54, 1.807) is 11.8 Å². The van der Waals surface area contributed by atoms with Gasteiger partial charge in [-0.3, -0.25) is 9.59 Å². The minimum absolute atomic E-state index is 0.0934. The summed E-state index contributed by atoms with van der Waals surface area (Å²) in [4.78, 5) is 38.1. The maximum absolute atomic E-state index is 12.1. The number of carbonyl (C=O) groups excluding carboxylic acids is 3. The SMILES string of the molecule is Cc1nnsc1C(=O)N1CC(CN2C(=O)COC2=O)C1. The number of ether oxygens (including phenoxy) is 1. The van der Waals surface area contributed by atoms with Crippen LogP contribution in [0.3, 0.4) is 0 Å². The first-order chi connectivity index (χ1) is 9.56. The lowest BCUT2D eigenvalue weighted by Crippen LogP contribution is -2.54. The van der Waals surface area contributed by atoms with Crippen LogP contribution in [-0.4, -0.2) is 63.5 Å². The van der Waals surface area contributed by atoms with E-state index in [0.29, 0.717) is 30.2 Å². The maximum atomic E-state index is 12.1. The Kier molecular flexibility index (Phi) is 3.13. The zero-order valence-electron chi connectivity index (χ0n) is 10.7. The molecule has 0 atom stereocenters. The van der Waals surface area contributed by atoms with E-state index in [0.717, 1.165) is 16.4 Å². The van der Waals surface area contributed by atoms with Crippen LogP contribution in [-0.2, 0) is 9.53 Å². The first-order valence-electron chi connectivity index (χ1n) is 6.11. The molecule has 1 aromatic heterocycles. The Morgan fingerprint density at radius 1 is 1.45 bits per heavy atom. The number of aryl methyl sites for hydroxylation is 1. The summed E-state index contributed by atoms with van der Waals surface area (Å²) >= 11 is 1.08. The summed E-state index contributed by atoms with van der Waals surface area (Å²) in [7, 11) is 0. The highest BCUT2D eigenvalue weighted by atomic mass is 32.1. The molecule has 0 aromatic carbocycles. The van der Waals surface area contributed by atoms with Crippen LogP contribution in [0.5, 0.6) is 0 Å². The number of rotatable bonds is 3. The molecule has 9 heteroatoms. The van der Waals surface area contributed by atoms with Gasteiger partial charge in [-0.05, 0) is 18.5 Å². The van der Waals surface area contributed by atoms with Gasteiger partial charge in [0.1, 0.15) is 4.88 Å². The Morgan fingerprint density at radius 3 is 2.75 bits per heavy atom. The molecule has 2 saturated heterocycles. The molecular formula is C11H12N4O4S. The van der Waals surface area contributed by atoms with Crippen molar-refractivity contribution in [2.24, 2.45) is 5.92 Å². The lowest BCUT2D eigenvalue weighted by molar-refractivity contribution is -0.126. The summed E-state index contributed by atoms with van der Waals surface area (Å²) in [6, 6.07) is 0. The summed E-state index contributed by atoms with van der Waals surface area (Å²) in [5, 5.41) is 3.81. The quantitative estimate of drug-likeness (QED) is 0.773. The number of nitrogens with zero attached hydrogens (tertiary/aromatic N) is 4. The molecule has 20 heavy (non-hydrogen) atoms. The molecule has 0 spiro atoms. The predicted octanol–water partition coefficient (Wildman–Crippen LogP) is -0.103. The zero-order chi connectivity index (χ0) is 14.3. The number of cyclic esters (lactones) is 1. The highest BCUT2D eigenvalue weighted by Gasteiger charge is 2.39. The van der Waals surface area contributed by atoms with E-state index in [1.807, 2.05) is 0 Å². The number of imide groups is 1. The number of likely N-dealkylation sites (tertiary alicyclic amines) is 1. The monoisotopic (exact) mass is 296 g/mol. The topological polar surface area (TPSA) is 92.7 Å². The van der Waals surface area contributed by atoms with Crippen molar-refractivity contribution in [2.75, 3.05) is 26.2 Å². The summed E-state index contributed by atoms with van der Waals surface area (Å²) in [6.07, 6.45) is -0.595. The van der Waals surface area contributed by atoms with Crippen LogP contribution in [0.15, 0.2) is 0 Å². The second-order valence-electron chi connectivity index (χ2n) is 4.82. The van der Waals surface area contributed by atoms with Crippen molar-refractivity contribution in [1.82, 2.24) is 19.4 Å². The van der Waals surface area contributed by atoms with Crippen molar-refractivity contribution < 1.29 is 19.1 Å². The second-order valence-corrected chi connectivity index (χ2v) is 5.58. The maximum Gasteiger partial charge on any atom is 0.417 e. The minimum atomic E-state index is -0.595. The van der Waals surface area contributed by atoms with Gasteiger partial charge in [-0.2, -0.15) is 0 Å². The van der Waals surface area contributed by atoms with Crippen molar-refractivity contribution in [3.05, 3.63) is 10.6 Å². The molecule has 0 N–H and O–H groups in total. The van der Waals surface area contributed by atoms with Crippen LogP contribution in [0.1, 0.15) is 15.4 Å². The predicted molar refractivity (Wildman–Crippen MR) is 67.1 cm³/mol. The van der Waals surface area contributed by atoms with Crippen molar-refractivity contribution in [3.8, 4) is 0 Å². The van der Waals surface area contributed by atoms with Crippen LogP contribution in [0.2, 0.25) is 0 Å². The van der Waals surface area contributed by atoms with Crippen molar-refractivity contribution in [3.63, 3.8) is 0 Å². The molecule has 8 nitrogen and oxygen atoms in total. The summed E-state index contributed by atoms with van der Waals surface area (Å²) < 4.78 is 8.37. The lowest BCUT2D eigenvalue weighted by atomic mass is 9.99. The third-order valence-electron chi connectivity index (χ3n) is 3.37. The van der Waals surface area contributed by atoms with Crippen LogP contribution in [0.4, 0.5) is 4.79 Å². The molecule has 3 rings (SSSR count). The van der Waals surface area contributed by atoms with Crippen LogP contribution in [0.25, 0.3) is 0 Å². The molecule has 0 unspecified atom stereocenters. The van der Waals surface area contributed by atoms with Gasteiger partial charge in [0.2, 0.25) is 0 Å². The normalized spacial score (nSPS) is 19.2. The van der Waals surface area contributed by atoms with E-state index in [-0.39, 0.29) is 24.3 Å². The van der Waals surface area contributed by atoms with Crippen LogP contribution in [0, 0.1) is 12.8 Å². The Balaban J connectivity index is 1.54. The Hall–Kier alpha value is -2.03. The number of aromatic nitrogens is 2. The van der Waals surface area contributed by atoms with E-state index in [1.165, 1.54) is 0 Å². The van der Waals surface area contributed by atoms with Gasteiger partial charge in [0.05, 0.1) is 5.69 Å². The highest BCUT2D eigenvalue weighted by Crippen LogP contribution is 2.23. The third kappa shape index (κ3) is 2.13. The average molecular weight is 296 g/mol. The molecule has 3 heterocycles. The number of hydrogen-bond acceptors (Lipinski definition) is 7. The van der Waals surface area contributed by atoms with Gasteiger partial charge in [0, 0.05) is 25.6 Å². The van der Waals surface area contributed by atoms with E-state index < -0.39 is 6.09 Å². The first-order valence-corrected chi connectivity index (χ1v) is 6.89. The molecule has 0 bridgehead atoms. The van der Waals surface area contributed by atoms with Gasteiger partial charge in [-0.15, -0.1) is 5.10 Å². The van der Waals surface area contributed by atoms with Gasteiger partial charge in [-0.25, -0.2) is 9.69 Å². The van der Waals surface area contributed by atoms with E-state index in [2.05, 4.69) is 14.3 Å². The summed E-state index contributed by atoms with van der Waals surface area (Å²) in [6.45, 7) is 2.91. The van der Waals surface area contributed by atoms with E-state index >= 15 is 0 Å². The number of amides is 3. The smallest absolute Gasteiger partial charge is 0.417 e. The fourth-order valence-corrected chi connectivity index (χ4v) is 2.86. The Labute approximate surface area is 118 Å². The Morgan fingerprint density at radius 2 is 2.20 bits per heavy atom. The van der Waals surface area contributed by atoms with Gasteiger partial charge in [0.15, 0.2) is 6.61 Å². The van der Waals surface area contributed by atoms with E-state index in [9.17, 15) is 14.4 Å². The highest BCUT2D eigenvalue weighted by molar-refractivity contribution is 7.07. The van der Waals surface area contributed by atoms with E-state index in [4.69, 9.17) is 0 Å². The van der Waals surface area contributed by atoms with Crippen molar-refractivity contribution >= 4 is 29.4 Å². The largest absolute Gasteiger partial charge is 0.439 e. The average Bonchev–Trinajstić information content (AvgIpc) is 2.91. The molecule has 2 aliphatic heterocycles. The molecule has 2 fully saturated rings. The first kappa shape index (κ1) is 13.0. The summed E-state index contributed by atoms with van der Waals surface area (Å²) in [5.41, 5.74) is 0.627. The summed E-state index contributed by atoms with van der Waals surface area (Å²) in [5.74, 6) is -0.305.